The van der Waals surface area contributed by atoms with Gasteiger partial charge in [-0.15, -0.1) is 0 Å². The lowest BCUT2D eigenvalue weighted by molar-refractivity contribution is -0.130. The predicted octanol–water partition coefficient (Wildman–Crippen LogP) is 2.72. The summed E-state index contributed by atoms with van der Waals surface area (Å²) in [4.78, 5) is 15.4. The second-order valence-corrected chi connectivity index (χ2v) is 3.85. The van der Waals surface area contributed by atoms with Crippen LogP contribution >= 0.6 is 0 Å². The Bertz CT molecular complexity index is 606. The van der Waals surface area contributed by atoms with Crippen LogP contribution in [0.2, 0.25) is 0 Å². The standard InChI is InChI=1S/C15H13NO3/c1-19-14-7-3-2-6-12(14)13(15(17)18)9-11-5-4-8-16-10-11/h2-10H,1H3,(H,17,18)/b13-9+. The minimum absolute atomic E-state index is 0.172. The molecule has 0 aliphatic rings. The van der Waals surface area contributed by atoms with Crippen LogP contribution in [0.4, 0.5) is 0 Å². The van der Waals surface area contributed by atoms with E-state index in [4.69, 9.17) is 4.74 Å². The fourth-order valence-electron chi connectivity index (χ4n) is 1.75. The SMILES string of the molecule is COc1ccccc1/C(=C\c1cccnc1)C(=O)O. The van der Waals surface area contributed by atoms with Crippen molar-refractivity contribution in [2.24, 2.45) is 0 Å². The van der Waals surface area contributed by atoms with Gasteiger partial charge in [-0.3, -0.25) is 4.98 Å². The highest BCUT2D eigenvalue weighted by Gasteiger charge is 2.14. The lowest BCUT2D eigenvalue weighted by atomic mass is 10.0. The molecule has 0 fully saturated rings. The summed E-state index contributed by atoms with van der Waals surface area (Å²) in [5, 5.41) is 9.36. The van der Waals surface area contributed by atoms with E-state index in [0.29, 0.717) is 11.3 Å². The molecule has 1 heterocycles. The normalized spacial score (nSPS) is 11.1. The van der Waals surface area contributed by atoms with Crippen LogP contribution in [0.15, 0.2) is 48.8 Å². The van der Waals surface area contributed by atoms with Gasteiger partial charge in [0.25, 0.3) is 0 Å². The Morgan fingerprint density at radius 2 is 2.05 bits per heavy atom. The van der Waals surface area contributed by atoms with E-state index in [1.54, 1.807) is 54.9 Å². The highest BCUT2D eigenvalue weighted by atomic mass is 16.5. The van der Waals surface area contributed by atoms with Gasteiger partial charge in [0.2, 0.25) is 0 Å². The zero-order valence-corrected chi connectivity index (χ0v) is 10.4. The van der Waals surface area contributed by atoms with Crippen LogP contribution in [-0.4, -0.2) is 23.2 Å². The Kier molecular flexibility index (Phi) is 3.93. The topological polar surface area (TPSA) is 59.4 Å². The highest BCUT2D eigenvalue weighted by molar-refractivity contribution is 6.21. The molecule has 19 heavy (non-hydrogen) atoms. The summed E-state index contributed by atoms with van der Waals surface area (Å²) in [6, 6.07) is 10.6. The molecule has 0 amide bonds. The molecular weight excluding hydrogens is 242 g/mol. The number of methoxy groups -OCH3 is 1. The van der Waals surface area contributed by atoms with Crippen molar-refractivity contribution in [1.29, 1.82) is 0 Å². The van der Waals surface area contributed by atoms with Crippen molar-refractivity contribution < 1.29 is 14.6 Å². The molecule has 0 atom stereocenters. The first-order valence-corrected chi connectivity index (χ1v) is 5.71. The van der Waals surface area contributed by atoms with Gasteiger partial charge in [-0.1, -0.05) is 24.3 Å². The Morgan fingerprint density at radius 1 is 1.26 bits per heavy atom. The number of carboxylic acid groups (broad SMARTS) is 1. The lowest BCUT2D eigenvalue weighted by Gasteiger charge is -2.08. The van der Waals surface area contributed by atoms with Crippen LogP contribution in [0.25, 0.3) is 11.6 Å². The Hall–Kier alpha value is -2.62. The van der Waals surface area contributed by atoms with E-state index in [9.17, 15) is 9.90 Å². The largest absolute Gasteiger partial charge is 0.496 e. The highest BCUT2D eigenvalue weighted by Crippen LogP contribution is 2.27. The van der Waals surface area contributed by atoms with Crippen molar-refractivity contribution >= 4 is 17.6 Å². The molecule has 2 rings (SSSR count). The van der Waals surface area contributed by atoms with Crippen LogP contribution in [0.3, 0.4) is 0 Å². The van der Waals surface area contributed by atoms with Crippen molar-refractivity contribution in [3.05, 3.63) is 59.9 Å². The molecule has 4 heteroatoms. The molecule has 0 aliphatic carbocycles. The monoisotopic (exact) mass is 255 g/mol. The molecular formula is C15H13NO3. The number of rotatable bonds is 4. The van der Waals surface area contributed by atoms with E-state index < -0.39 is 5.97 Å². The molecule has 0 aliphatic heterocycles. The molecule has 96 valence electrons. The van der Waals surface area contributed by atoms with Gasteiger partial charge in [-0.05, 0) is 23.8 Å². The minimum Gasteiger partial charge on any atom is -0.496 e. The van der Waals surface area contributed by atoms with Gasteiger partial charge >= 0.3 is 5.97 Å². The van der Waals surface area contributed by atoms with Gasteiger partial charge in [0.05, 0.1) is 12.7 Å². The van der Waals surface area contributed by atoms with Crippen LogP contribution < -0.4 is 4.74 Å². The number of aliphatic carboxylic acids is 1. The molecule has 0 bridgehead atoms. The first kappa shape index (κ1) is 12.8. The summed E-state index contributed by atoms with van der Waals surface area (Å²) < 4.78 is 5.19. The number of ether oxygens (including phenoxy) is 1. The van der Waals surface area contributed by atoms with Crippen molar-refractivity contribution in [1.82, 2.24) is 4.98 Å². The first-order valence-electron chi connectivity index (χ1n) is 5.71. The molecule has 4 nitrogen and oxygen atoms in total. The number of hydrogen-bond donors (Lipinski definition) is 1. The third-order valence-electron chi connectivity index (χ3n) is 2.62. The maximum atomic E-state index is 11.4. The number of nitrogens with zero attached hydrogens (tertiary/aromatic N) is 1. The molecule has 0 spiro atoms. The van der Waals surface area contributed by atoms with Crippen molar-refractivity contribution in [3.63, 3.8) is 0 Å². The zero-order valence-electron chi connectivity index (χ0n) is 10.4. The van der Waals surface area contributed by atoms with Crippen LogP contribution in [0.5, 0.6) is 5.75 Å². The maximum Gasteiger partial charge on any atom is 0.336 e. The number of pyridine rings is 1. The number of aromatic nitrogens is 1. The number of hydrogen-bond acceptors (Lipinski definition) is 3. The van der Waals surface area contributed by atoms with Gasteiger partial charge in [0.1, 0.15) is 5.75 Å². The first-order chi connectivity index (χ1) is 9.22. The maximum absolute atomic E-state index is 11.4. The van der Waals surface area contributed by atoms with Crippen LogP contribution in [0.1, 0.15) is 11.1 Å². The molecule has 1 aromatic carbocycles. The van der Waals surface area contributed by atoms with Gasteiger partial charge in [-0.2, -0.15) is 0 Å². The third kappa shape index (κ3) is 2.98. The Morgan fingerprint density at radius 3 is 2.68 bits per heavy atom. The van der Waals surface area contributed by atoms with E-state index in [2.05, 4.69) is 4.98 Å². The lowest BCUT2D eigenvalue weighted by Crippen LogP contribution is -2.01. The third-order valence-corrected chi connectivity index (χ3v) is 2.62. The number of carboxylic acids is 1. The van der Waals surface area contributed by atoms with Crippen LogP contribution in [-0.2, 0) is 4.79 Å². The molecule has 1 N–H and O–H groups in total. The van der Waals surface area contributed by atoms with E-state index in [0.717, 1.165) is 5.56 Å². The van der Waals surface area contributed by atoms with E-state index in [1.807, 2.05) is 0 Å². The quantitative estimate of drug-likeness (QED) is 0.853. The second kappa shape index (κ2) is 5.82. The number of carbonyl (C=O) groups is 1. The summed E-state index contributed by atoms with van der Waals surface area (Å²) in [5.41, 5.74) is 1.44. The van der Waals surface area contributed by atoms with Crippen molar-refractivity contribution in [3.8, 4) is 5.75 Å². The van der Waals surface area contributed by atoms with E-state index >= 15 is 0 Å². The van der Waals surface area contributed by atoms with Crippen molar-refractivity contribution in [2.45, 2.75) is 0 Å². The Balaban J connectivity index is 2.52. The number of benzene rings is 1. The molecule has 0 saturated carbocycles. The zero-order chi connectivity index (χ0) is 13.7. The predicted molar refractivity (Wildman–Crippen MR) is 72.7 cm³/mol. The van der Waals surface area contributed by atoms with Gasteiger partial charge in [0.15, 0.2) is 0 Å². The molecule has 1 aromatic heterocycles. The van der Waals surface area contributed by atoms with Gasteiger partial charge in [-0.25, -0.2) is 4.79 Å². The average Bonchev–Trinajstić information content (AvgIpc) is 2.45. The summed E-state index contributed by atoms with van der Waals surface area (Å²) in [7, 11) is 1.52. The number of para-hydroxylation sites is 1. The summed E-state index contributed by atoms with van der Waals surface area (Å²) in [6.45, 7) is 0. The van der Waals surface area contributed by atoms with E-state index in [-0.39, 0.29) is 5.57 Å². The summed E-state index contributed by atoms with van der Waals surface area (Å²) in [6.07, 6.45) is 4.83. The average molecular weight is 255 g/mol. The molecule has 0 radical (unpaired) electrons. The van der Waals surface area contributed by atoms with Gasteiger partial charge < -0.3 is 9.84 Å². The second-order valence-electron chi connectivity index (χ2n) is 3.85. The van der Waals surface area contributed by atoms with E-state index in [1.165, 1.54) is 7.11 Å². The Labute approximate surface area is 111 Å². The summed E-state index contributed by atoms with van der Waals surface area (Å²) in [5.74, 6) is -0.478. The fraction of sp³-hybridized carbons (Fsp3) is 0.0667. The molecule has 0 saturated heterocycles. The van der Waals surface area contributed by atoms with Crippen LogP contribution in [0, 0.1) is 0 Å². The smallest absolute Gasteiger partial charge is 0.336 e. The molecule has 0 unspecified atom stereocenters. The summed E-state index contributed by atoms with van der Waals surface area (Å²) >= 11 is 0. The minimum atomic E-state index is -1.01. The molecule has 2 aromatic rings. The van der Waals surface area contributed by atoms with Gasteiger partial charge in [0, 0.05) is 18.0 Å². The van der Waals surface area contributed by atoms with Crippen molar-refractivity contribution in [2.75, 3.05) is 7.11 Å². The fourth-order valence-corrected chi connectivity index (χ4v) is 1.75.